The van der Waals surface area contributed by atoms with Crippen LogP contribution in [0.4, 0.5) is 0 Å². The monoisotopic (exact) mass is 244 g/mol. The first-order valence-corrected chi connectivity index (χ1v) is 6.45. The fraction of sp³-hybridized carbons (Fsp3) is 0.429. The van der Waals surface area contributed by atoms with Crippen LogP contribution < -0.4 is 5.73 Å². The molecule has 96 valence electrons. The van der Waals surface area contributed by atoms with E-state index in [2.05, 4.69) is 42.4 Å². The smallest absolute Gasteiger partial charge is 0.0832 e. The molecule has 0 radical (unpaired) electrons. The van der Waals surface area contributed by atoms with Gasteiger partial charge in [-0.25, -0.2) is 4.68 Å². The van der Waals surface area contributed by atoms with Crippen molar-refractivity contribution in [2.75, 3.05) is 6.54 Å². The summed E-state index contributed by atoms with van der Waals surface area (Å²) in [6.45, 7) is 4.99. The van der Waals surface area contributed by atoms with Gasteiger partial charge in [-0.05, 0) is 56.0 Å². The number of hydrogen-bond acceptors (Lipinski definition) is 3. The van der Waals surface area contributed by atoms with Crippen molar-refractivity contribution in [3.05, 3.63) is 41.2 Å². The standard InChI is InChI=1S/C14H20N4/c1-3-12-9-14(7-6-11(12)2)18-10-13(16-17-18)5-4-8-15/h6-7,9-10H,3-5,8,15H2,1-2H3. The Labute approximate surface area is 108 Å². The van der Waals surface area contributed by atoms with E-state index in [-0.39, 0.29) is 0 Å². The topological polar surface area (TPSA) is 56.7 Å². The number of hydrogen-bond donors (Lipinski definition) is 1. The summed E-state index contributed by atoms with van der Waals surface area (Å²) >= 11 is 0. The molecule has 0 spiro atoms. The van der Waals surface area contributed by atoms with E-state index in [1.807, 2.05) is 10.9 Å². The summed E-state index contributed by atoms with van der Waals surface area (Å²) < 4.78 is 1.84. The molecule has 1 aromatic carbocycles. The molecule has 1 heterocycles. The van der Waals surface area contributed by atoms with Crippen LogP contribution in [0.2, 0.25) is 0 Å². The van der Waals surface area contributed by atoms with Crippen LogP contribution >= 0.6 is 0 Å². The van der Waals surface area contributed by atoms with Gasteiger partial charge in [0.15, 0.2) is 0 Å². The van der Waals surface area contributed by atoms with E-state index in [4.69, 9.17) is 5.73 Å². The summed E-state index contributed by atoms with van der Waals surface area (Å²) in [6, 6.07) is 6.39. The van der Waals surface area contributed by atoms with Crippen LogP contribution in [0.15, 0.2) is 24.4 Å². The van der Waals surface area contributed by atoms with Gasteiger partial charge in [-0.15, -0.1) is 5.10 Å². The molecule has 0 amide bonds. The highest BCUT2D eigenvalue weighted by Crippen LogP contribution is 2.15. The zero-order valence-corrected chi connectivity index (χ0v) is 11.1. The van der Waals surface area contributed by atoms with Gasteiger partial charge >= 0.3 is 0 Å². The second-order valence-corrected chi connectivity index (χ2v) is 4.51. The van der Waals surface area contributed by atoms with Crippen molar-refractivity contribution >= 4 is 0 Å². The molecular weight excluding hydrogens is 224 g/mol. The summed E-state index contributed by atoms with van der Waals surface area (Å²) in [5.41, 5.74) is 10.2. The molecule has 0 bridgehead atoms. The Hall–Kier alpha value is -1.68. The Kier molecular flexibility index (Phi) is 4.10. The molecule has 2 aromatic rings. The quantitative estimate of drug-likeness (QED) is 0.875. The van der Waals surface area contributed by atoms with Crippen molar-refractivity contribution in [3.8, 4) is 5.69 Å². The van der Waals surface area contributed by atoms with E-state index >= 15 is 0 Å². The maximum atomic E-state index is 5.49. The van der Waals surface area contributed by atoms with E-state index < -0.39 is 0 Å². The first-order chi connectivity index (χ1) is 8.74. The average molecular weight is 244 g/mol. The minimum Gasteiger partial charge on any atom is -0.330 e. The van der Waals surface area contributed by atoms with Crippen molar-refractivity contribution in [3.63, 3.8) is 0 Å². The molecule has 4 heteroatoms. The second kappa shape index (κ2) is 5.78. The lowest BCUT2D eigenvalue weighted by atomic mass is 10.1. The predicted octanol–water partition coefficient (Wildman–Crippen LogP) is 2.03. The summed E-state index contributed by atoms with van der Waals surface area (Å²) in [5, 5.41) is 8.34. The number of benzene rings is 1. The highest BCUT2D eigenvalue weighted by atomic mass is 15.4. The second-order valence-electron chi connectivity index (χ2n) is 4.51. The van der Waals surface area contributed by atoms with E-state index in [0.717, 1.165) is 30.6 Å². The predicted molar refractivity (Wildman–Crippen MR) is 72.8 cm³/mol. The molecule has 18 heavy (non-hydrogen) atoms. The zero-order valence-electron chi connectivity index (χ0n) is 11.1. The van der Waals surface area contributed by atoms with Gasteiger partial charge in [-0.2, -0.15) is 0 Å². The Balaban J connectivity index is 2.23. The van der Waals surface area contributed by atoms with Crippen molar-refractivity contribution in [1.82, 2.24) is 15.0 Å². The fourth-order valence-corrected chi connectivity index (χ4v) is 2.00. The number of rotatable bonds is 5. The lowest BCUT2D eigenvalue weighted by molar-refractivity contribution is 0.778. The third kappa shape index (κ3) is 2.76. The largest absolute Gasteiger partial charge is 0.330 e. The Bertz CT molecular complexity index is 516. The van der Waals surface area contributed by atoms with Gasteiger partial charge in [-0.3, -0.25) is 0 Å². The molecule has 0 atom stereocenters. The van der Waals surface area contributed by atoms with Crippen LogP contribution in [-0.2, 0) is 12.8 Å². The minimum absolute atomic E-state index is 0.692. The SMILES string of the molecule is CCc1cc(-n2cc(CCCN)nn2)ccc1C. The summed E-state index contributed by atoms with van der Waals surface area (Å²) in [4.78, 5) is 0. The molecular formula is C14H20N4. The summed E-state index contributed by atoms with van der Waals surface area (Å²) in [6.07, 6.45) is 4.87. The normalized spacial score (nSPS) is 10.8. The highest BCUT2D eigenvalue weighted by molar-refractivity contribution is 5.39. The van der Waals surface area contributed by atoms with Crippen LogP contribution in [0.5, 0.6) is 0 Å². The number of nitrogens with two attached hydrogens (primary N) is 1. The lowest BCUT2D eigenvalue weighted by Crippen LogP contribution is -2.00. The van der Waals surface area contributed by atoms with Crippen molar-refractivity contribution < 1.29 is 0 Å². The van der Waals surface area contributed by atoms with Gasteiger partial charge in [0.1, 0.15) is 0 Å². The zero-order chi connectivity index (χ0) is 13.0. The molecule has 0 saturated carbocycles. The van der Waals surface area contributed by atoms with Gasteiger partial charge in [0, 0.05) is 0 Å². The first kappa shape index (κ1) is 12.8. The molecule has 0 fully saturated rings. The average Bonchev–Trinajstić information content (AvgIpc) is 2.85. The van der Waals surface area contributed by atoms with Crippen LogP contribution in [0.1, 0.15) is 30.2 Å². The maximum absolute atomic E-state index is 5.49. The number of aryl methyl sites for hydroxylation is 3. The third-order valence-corrected chi connectivity index (χ3v) is 3.16. The van der Waals surface area contributed by atoms with Crippen LogP contribution in [0.3, 0.4) is 0 Å². The minimum atomic E-state index is 0.692. The maximum Gasteiger partial charge on any atom is 0.0832 e. The molecule has 0 aliphatic heterocycles. The van der Waals surface area contributed by atoms with E-state index in [1.54, 1.807) is 0 Å². The Morgan fingerprint density at radius 2 is 2.17 bits per heavy atom. The molecule has 0 aliphatic carbocycles. The fourth-order valence-electron chi connectivity index (χ4n) is 2.00. The van der Waals surface area contributed by atoms with Gasteiger partial charge in [0.2, 0.25) is 0 Å². The van der Waals surface area contributed by atoms with Crippen LogP contribution in [0, 0.1) is 6.92 Å². The van der Waals surface area contributed by atoms with Crippen molar-refractivity contribution in [1.29, 1.82) is 0 Å². The highest BCUT2D eigenvalue weighted by Gasteiger charge is 2.04. The molecule has 2 rings (SSSR count). The van der Waals surface area contributed by atoms with Gasteiger partial charge in [0.05, 0.1) is 17.6 Å². The number of nitrogens with zero attached hydrogens (tertiary/aromatic N) is 3. The molecule has 0 unspecified atom stereocenters. The Morgan fingerprint density at radius 1 is 1.33 bits per heavy atom. The molecule has 0 saturated heterocycles. The van der Waals surface area contributed by atoms with Crippen LogP contribution in [-0.4, -0.2) is 21.5 Å². The van der Waals surface area contributed by atoms with E-state index in [0.29, 0.717) is 6.54 Å². The van der Waals surface area contributed by atoms with Crippen molar-refractivity contribution in [2.45, 2.75) is 33.1 Å². The molecule has 4 nitrogen and oxygen atoms in total. The number of aromatic nitrogens is 3. The Morgan fingerprint density at radius 3 is 2.89 bits per heavy atom. The first-order valence-electron chi connectivity index (χ1n) is 6.45. The van der Waals surface area contributed by atoms with Gasteiger partial charge in [-0.1, -0.05) is 18.2 Å². The molecule has 0 aliphatic rings. The van der Waals surface area contributed by atoms with Gasteiger partial charge < -0.3 is 5.73 Å². The van der Waals surface area contributed by atoms with E-state index in [1.165, 1.54) is 11.1 Å². The van der Waals surface area contributed by atoms with E-state index in [9.17, 15) is 0 Å². The lowest BCUT2D eigenvalue weighted by Gasteiger charge is -2.06. The molecule has 2 N–H and O–H groups in total. The van der Waals surface area contributed by atoms with Gasteiger partial charge in [0.25, 0.3) is 0 Å². The van der Waals surface area contributed by atoms with Crippen LogP contribution in [0.25, 0.3) is 5.69 Å². The summed E-state index contributed by atoms with van der Waals surface area (Å²) in [7, 11) is 0. The third-order valence-electron chi connectivity index (χ3n) is 3.16. The summed E-state index contributed by atoms with van der Waals surface area (Å²) in [5.74, 6) is 0. The molecule has 1 aromatic heterocycles. The van der Waals surface area contributed by atoms with Crippen molar-refractivity contribution in [2.24, 2.45) is 5.73 Å².